The lowest BCUT2D eigenvalue weighted by Crippen LogP contribution is -2.44. The summed E-state index contributed by atoms with van der Waals surface area (Å²) in [6.45, 7) is 2.19. The zero-order chi connectivity index (χ0) is 39.8. The van der Waals surface area contributed by atoms with Crippen molar-refractivity contribution in [1.82, 2.24) is 25.6 Å². The SMILES string of the molecule is CC(C)(CNC(=O)C(=O)Nc1ccc(CCC(=O)O)cc1)CNC(=O)c1ccc(Nc2nc(NC3(c4ccc(Cl)cc4)CC3)nc(OCC(F)(F)F)n2)cc1. The van der Waals surface area contributed by atoms with Gasteiger partial charge >= 0.3 is 30.0 Å². The summed E-state index contributed by atoms with van der Waals surface area (Å²) in [4.78, 5) is 61.0. The maximum atomic E-state index is 13.0. The highest BCUT2D eigenvalue weighted by Crippen LogP contribution is 2.48. The number of anilines is 4. The van der Waals surface area contributed by atoms with Crippen LogP contribution in [0.4, 0.5) is 36.4 Å². The molecule has 1 saturated carbocycles. The van der Waals surface area contributed by atoms with E-state index in [1.807, 2.05) is 12.1 Å². The Labute approximate surface area is 318 Å². The number of carboxylic acid groups (broad SMARTS) is 1. The van der Waals surface area contributed by atoms with Gasteiger partial charge in [0.05, 0.1) is 5.54 Å². The van der Waals surface area contributed by atoms with Gasteiger partial charge < -0.3 is 36.4 Å². The lowest BCUT2D eigenvalue weighted by Gasteiger charge is -2.25. The quantitative estimate of drug-likeness (QED) is 0.0748. The fraction of sp³-hybridized carbons (Fsp3) is 0.324. The van der Waals surface area contributed by atoms with E-state index >= 15 is 0 Å². The van der Waals surface area contributed by atoms with Crippen LogP contribution in [0, 0.1) is 5.41 Å². The molecular weight excluding hydrogens is 745 g/mol. The highest BCUT2D eigenvalue weighted by molar-refractivity contribution is 6.39. The number of ether oxygens (including phenoxy) is 1. The second kappa shape index (κ2) is 17.0. The van der Waals surface area contributed by atoms with Gasteiger partial charge in [-0.3, -0.25) is 19.2 Å². The van der Waals surface area contributed by atoms with Crippen LogP contribution in [0.25, 0.3) is 0 Å². The zero-order valence-corrected chi connectivity index (χ0v) is 30.5. The van der Waals surface area contributed by atoms with Crippen molar-refractivity contribution in [2.45, 2.75) is 51.2 Å². The average molecular weight is 783 g/mol. The molecule has 1 heterocycles. The van der Waals surface area contributed by atoms with E-state index in [0.29, 0.717) is 28.4 Å². The van der Waals surface area contributed by atoms with Gasteiger partial charge in [-0.15, -0.1) is 0 Å². The molecule has 14 nitrogen and oxygen atoms in total. The Balaban J connectivity index is 1.14. The van der Waals surface area contributed by atoms with E-state index in [9.17, 15) is 32.3 Å². The number of carbonyl (C=O) groups is 4. The van der Waals surface area contributed by atoms with Gasteiger partial charge in [-0.2, -0.15) is 28.1 Å². The van der Waals surface area contributed by atoms with E-state index < -0.39 is 53.4 Å². The lowest BCUT2D eigenvalue weighted by molar-refractivity contribution is -0.154. The van der Waals surface area contributed by atoms with Crippen molar-refractivity contribution in [3.63, 3.8) is 0 Å². The fourth-order valence-electron chi connectivity index (χ4n) is 5.18. The molecule has 3 aromatic carbocycles. The maximum absolute atomic E-state index is 13.0. The van der Waals surface area contributed by atoms with Crippen molar-refractivity contribution in [1.29, 1.82) is 0 Å². The number of rotatable bonds is 16. The molecule has 0 unspecified atom stereocenters. The minimum atomic E-state index is -4.62. The molecule has 0 bridgehead atoms. The topological polar surface area (TPSA) is 197 Å². The number of halogens is 4. The van der Waals surface area contributed by atoms with Crippen molar-refractivity contribution in [2.24, 2.45) is 5.41 Å². The molecule has 290 valence electrons. The highest BCUT2D eigenvalue weighted by Gasteiger charge is 2.45. The molecular formula is C37H38ClF3N8O6. The van der Waals surface area contributed by atoms with Crippen molar-refractivity contribution in [2.75, 3.05) is 35.6 Å². The number of hydrogen-bond donors (Lipinski definition) is 6. The summed E-state index contributed by atoms with van der Waals surface area (Å²) < 4.78 is 43.7. The van der Waals surface area contributed by atoms with E-state index in [1.54, 1.807) is 62.4 Å². The van der Waals surface area contributed by atoms with Gasteiger partial charge in [-0.1, -0.05) is 49.7 Å². The third kappa shape index (κ3) is 12.3. The molecule has 1 aliphatic carbocycles. The Kier molecular flexibility index (Phi) is 12.4. The van der Waals surface area contributed by atoms with Gasteiger partial charge in [-0.05, 0) is 84.3 Å². The number of aliphatic carboxylic acids is 1. The van der Waals surface area contributed by atoms with Crippen LogP contribution in [0.2, 0.25) is 5.02 Å². The first-order valence-electron chi connectivity index (χ1n) is 17.0. The molecule has 1 aromatic heterocycles. The zero-order valence-electron chi connectivity index (χ0n) is 29.7. The van der Waals surface area contributed by atoms with Crippen LogP contribution in [-0.2, 0) is 26.3 Å². The summed E-state index contributed by atoms with van der Waals surface area (Å²) in [7, 11) is 0. The standard InChI is InChI=1S/C37H38ClF3N8O6/c1-35(2,20-43-30(53)31(54)44-26-12-3-22(4-13-26)5-16-28(50)51)19-42-29(52)23-6-14-27(15-7-23)45-32-46-33(48-34(47-32)55-21-37(39,40)41)49-36(17-18-36)24-8-10-25(38)11-9-24/h3-4,6-15H,5,16-21H2,1-2H3,(H,42,52)(H,43,53)(H,44,54)(H,50,51)(H2,45,46,47,48,49). The molecule has 3 amide bonds. The van der Waals surface area contributed by atoms with Crippen LogP contribution < -0.4 is 31.3 Å². The summed E-state index contributed by atoms with van der Waals surface area (Å²) >= 11 is 6.03. The Morgan fingerprint density at radius 3 is 2.05 bits per heavy atom. The van der Waals surface area contributed by atoms with Crippen LogP contribution in [0.15, 0.2) is 72.8 Å². The molecule has 4 aromatic rings. The summed E-state index contributed by atoms with van der Waals surface area (Å²) in [5, 5.41) is 23.3. The second-order valence-electron chi connectivity index (χ2n) is 13.7. The van der Waals surface area contributed by atoms with Crippen molar-refractivity contribution in [3.8, 4) is 6.01 Å². The largest absolute Gasteiger partial charge is 0.481 e. The summed E-state index contributed by atoms with van der Waals surface area (Å²) in [6, 6.07) is 19.3. The van der Waals surface area contributed by atoms with Crippen LogP contribution >= 0.6 is 11.6 Å². The maximum Gasteiger partial charge on any atom is 0.422 e. The second-order valence-corrected chi connectivity index (χ2v) is 14.1. The number of aromatic nitrogens is 3. The monoisotopic (exact) mass is 782 g/mol. The summed E-state index contributed by atoms with van der Waals surface area (Å²) in [5.74, 6) is -3.18. The van der Waals surface area contributed by atoms with E-state index in [2.05, 4.69) is 41.5 Å². The number of hydrogen-bond acceptors (Lipinski definition) is 10. The van der Waals surface area contributed by atoms with Crippen LogP contribution in [0.1, 0.15) is 54.6 Å². The van der Waals surface area contributed by atoms with Gasteiger partial charge in [0, 0.05) is 41.5 Å². The van der Waals surface area contributed by atoms with Crippen molar-refractivity contribution >= 4 is 58.6 Å². The van der Waals surface area contributed by atoms with Gasteiger partial charge in [-0.25, -0.2) is 0 Å². The normalized spacial score (nSPS) is 13.3. The first-order valence-corrected chi connectivity index (χ1v) is 17.4. The van der Waals surface area contributed by atoms with Gasteiger partial charge in [0.1, 0.15) is 0 Å². The number of alkyl halides is 3. The molecule has 6 N–H and O–H groups in total. The summed E-state index contributed by atoms with van der Waals surface area (Å²) in [6.07, 6.45) is -2.85. The van der Waals surface area contributed by atoms with E-state index in [0.717, 1.165) is 24.0 Å². The molecule has 0 aliphatic heterocycles. The predicted molar refractivity (Wildman–Crippen MR) is 197 cm³/mol. The molecule has 55 heavy (non-hydrogen) atoms. The van der Waals surface area contributed by atoms with Crippen molar-refractivity contribution < 1.29 is 42.2 Å². The molecule has 0 saturated heterocycles. The predicted octanol–water partition coefficient (Wildman–Crippen LogP) is 5.84. The molecule has 0 spiro atoms. The van der Waals surface area contributed by atoms with Gasteiger partial charge in [0.2, 0.25) is 11.9 Å². The molecule has 18 heteroatoms. The first kappa shape index (κ1) is 40.2. The van der Waals surface area contributed by atoms with Crippen LogP contribution in [-0.4, -0.2) is 69.6 Å². The number of benzene rings is 3. The minimum absolute atomic E-state index is 0.00132. The van der Waals surface area contributed by atoms with E-state index in [1.165, 1.54) is 12.1 Å². The Hall–Kier alpha value is -5.97. The fourth-order valence-corrected chi connectivity index (χ4v) is 5.31. The van der Waals surface area contributed by atoms with E-state index in [-0.39, 0.29) is 31.4 Å². The van der Waals surface area contributed by atoms with Gasteiger partial charge in [0.25, 0.3) is 5.91 Å². The lowest BCUT2D eigenvalue weighted by atomic mass is 9.93. The smallest absolute Gasteiger partial charge is 0.422 e. The Morgan fingerprint density at radius 2 is 1.44 bits per heavy atom. The third-order valence-electron chi connectivity index (χ3n) is 8.38. The Bertz CT molecular complexity index is 2010. The first-order chi connectivity index (χ1) is 26.0. The van der Waals surface area contributed by atoms with Crippen molar-refractivity contribution in [3.05, 3.63) is 94.5 Å². The molecule has 1 fully saturated rings. The Morgan fingerprint density at radius 1 is 0.818 bits per heavy atom. The number of nitrogens with zero attached hydrogens (tertiary/aromatic N) is 3. The minimum Gasteiger partial charge on any atom is -0.481 e. The highest BCUT2D eigenvalue weighted by atomic mass is 35.5. The van der Waals surface area contributed by atoms with Crippen LogP contribution in [0.5, 0.6) is 6.01 Å². The number of aryl methyl sites for hydroxylation is 1. The number of amides is 3. The molecule has 1 aliphatic rings. The molecule has 0 radical (unpaired) electrons. The third-order valence-corrected chi connectivity index (χ3v) is 8.63. The van der Waals surface area contributed by atoms with Gasteiger partial charge in [0.15, 0.2) is 6.61 Å². The summed E-state index contributed by atoms with van der Waals surface area (Å²) in [5.41, 5.74) is 1.59. The molecule has 5 rings (SSSR count). The van der Waals surface area contributed by atoms with E-state index in [4.69, 9.17) is 21.4 Å². The molecule has 0 atom stereocenters. The van der Waals surface area contributed by atoms with Crippen LogP contribution in [0.3, 0.4) is 0 Å². The number of nitrogens with one attached hydrogen (secondary N) is 5. The average Bonchev–Trinajstić information content (AvgIpc) is 3.92. The number of carbonyl (C=O) groups excluding carboxylic acids is 3. The number of carboxylic acids is 1.